The van der Waals surface area contributed by atoms with E-state index in [1.54, 1.807) is 7.11 Å². The molecule has 4 nitrogen and oxygen atoms in total. The van der Waals surface area contributed by atoms with Crippen LogP contribution in [0.25, 0.3) is 0 Å². The molecule has 1 aliphatic rings. The molecule has 1 aromatic rings. The molecule has 1 aromatic carbocycles. The number of hydrogen-bond acceptors (Lipinski definition) is 3. The average Bonchev–Trinajstić information content (AvgIpc) is 2.41. The van der Waals surface area contributed by atoms with E-state index in [1.807, 2.05) is 18.2 Å². The maximum absolute atomic E-state index is 10.9. The molecule has 5 heteroatoms. The van der Waals surface area contributed by atoms with E-state index < -0.39 is 0 Å². The lowest BCUT2D eigenvalue weighted by Crippen LogP contribution is -2.34. The van der Waals surface area contributed by atoms with Gasteiger partial charge in [0, 0.05) is 23.6 Å². The van der Waals surface area contributed by atoms with Crippen LogP contribution in [-0.2, 0) is 11.3 Å². The number of piperidine rings is 1. The van der Waals surface area contributed by atoms with Gasteiger partial charge < -0.3 is 10.5 Å². The Morgan fingerprint density at radius 3 is 2.75 bits per heavy atom. The molecule has 1 amide bonds. The van der Waals surface area contributed by atoms with Crippen LogP contribution in [0.4, 0.5) is 0 Å². The standard InChI is InChI=1S/C15H21ClN2O2/c1-20-14-3-2-13(16)9-12(14)10-18-6-4-11(5-7-18)8-15(17)19/h2-3,9,11H,4-8,10H2,1H3,(H2,17,19). The molecule has 20 heavy (non-hydrogen) atoms. The van der Waals surface area contributed by atoms with Crippen LogP contribution in [0.5, 0.6) is 5.75 Å². The van der Waals surface area contributed by atoms with Crippen molar-refractivity contribution in [3.05, 3.63) is 28.8 Å². The Labute approximate surface area is 124 Å². The highest BCUT2D eigenvalue weighted by Crippen LogP contribution is 2.27. The molecule has 0 spiro atoms. The number of halogens is 1. The second-order valence-electron chi connectivity index (χ2n) is 5.35. The first kappa shape index (κ1) is 15.1. The number of benzene rings is 1. The molecule has 1 fully saturated rings. The van der Waals surface area contributed by atoms with Gasteiger partial charge in [0.05, 0.1) is 7.11 Å². The Hall–Kier alpha value is -1.26. The molecule has 1 saturated heterocycles. The van der Waals surface area contributed by atoms with E-state index in [-0.39, 0.29) is 5.91 Å². The third-order valence-corrected chi connectivity index (χ3v) is 4.07. The van der Waals surface area contributed by atoms with Gasteiger partial charge >= 0.3 is 0 Å². The van der Waals surface area contributed by atoms with Crippen LogP contribution in [0, 0.1) is 5.92 Å². The van der Waals surface area contributed by atoms with Crippen molar-refractivity contribution in [2.45, 2.75) is 25.8 Å². The van der Waals surface area contributed by atoms with E-state index in [0.29, 0.717) is 12.3 Å². The number of carbonyl (C=O) groups excluding carboxylic acids is 1. The van der Waals surface area contributed by atoms with E-state index in [0.717, 1.165) is 48.8 Å². The maximum Gasteiger partial charge on any atom is 0.217 e. The van der Waals surface area contributed by atoms with Gasteiger partial charge in [-0.05, 0) is 50.0 Å². The maximum atomic E-state index is 10.9. The molecular formula is C15H21ClN2O2. The van der Waals surface area contributed by atoms with Gasteiger partial charge in [-0.25, -0.2) is 0 Å². The van der Waals surface area contributed by atoms with Crippen LogP contribution in [0.2, 0.25) is 5.02 Å². The fourth-order valence-electron chi connectivity index (χ4n) is 2.74. The molecular weight excluding hydrogens is 276 g/mol. The van der Waals surface area contributed by atoms with Crippen LogP contribution in [0.15, 0.2) is 18.2 Å². The van der Waals surface area contributed by atoms with Gasteiger partial charge in [-0.15, -0.1) is 0 Å². The third-order valence-electron chi connectivity index (χ3n) is 3.83. The second-order valence-corrected chi connectivity index (χ2v) is 5.78. The summed E-state index contributed by atoms with van der Waals surface area (Å²) in [6.45, 7) is 2.79. The van der Waals surface area contributed by atoms with Crippen LogP contribution in [-0.4, -0.2) is 31.0 Å². The first-order chi connectivity index (χ1) is 9.58. The zero-order valence-corrected chi connectivity index (χ0v) is 12.5. The predicted molar refractivity (Wildman–Crippen MR) is 79.8 cm³/mol. The Morgan fingerprint density at radius 2 is 2.15 bits per heavy atom. The Kier molecular flexibility index (Phi) is 5.26. The molecule has 0 aromatic heterocycles. The zero-order valence-electron chi connectivity index (χ0n) is 11.8. The number of rotatable bonds is 5. The summed E-state index contributed by atoms with van der Waals surface area (Å²) in [7, 11) is 1.67. The highest BCUT2D eigenvalue weighted by atomic mass is 35.5. The fourth-order valence-corrected chi connectivity index (χ4v) is 2.94. The summed E-state index contributed by atoms with van der Waals surface area (Å²) in [5.41, 5.74) is 6.36. The van der Waals surface area contributed by atoms with Crippen LogP contribution in [0.1, 0.15) is 24.8 Å². The minimum atomic E-state index is -0.194. The highest BCUT2D eigenvalue weighted by Gasteiger charge is 2.21. The normalized spacial score (nSPS) is 17.1. The lowest BCUT2D eigenvalue weighted by atomic mass is 9.93. The van der Waals surface area contributed by atoms with Crippen LogP contribution in [0.3, 0.4) is 0 Å². The van der Waals surface area contributed by atoms with Crippen molar-refractivity contribution >= 4 is 17.5 Å². The summed E-state index contributed by atoms with van der Waals surface area (Å²) >= 11 is 6.05. The molecule has 0 radical (unpaired) electrons. The third kappa shape index (κ3) is 4.12. The lowest BCUT2D eigenvalue weighted by Gasteiger charge is -2.31. The quantitative estimate of drug-likeness (QED) is 0.908. The number of nitrogens with zero attached hydrogens (tertiary/aromatic N) is 1. The van der Waals surface area contributed by atoms with E-state index in [2.05, 4.69) is 4.90 Å². The Balaban J connectivity index is 1.92. The zero-order chi connectivity index (χ0) is 14.5. The summed E-state index contributed by atoms with van der Waals surface area (Å²) in [6.07, 6.45) is 2.55. The number of ether oxygens (including phenoxy) is 1. The van der Waals surface area contributed by atoms with Gasteiger partial charge in [-0.1, -0.05) is 11.6 Å². The monoisotopic (exact) mass is 296 g/mol. The van der Waals surface area contributed by atoms with Crippen molar-refractivity contribution in [1.29, 1.82) is 0 Å². The smallest absolute Gasteiger partial charge is 0.217 e. The molecule has 0 aliphatic carbocycles. The first-order valence-corrected chi connectivity index (χ1v) is 7.29. The SMILES string of the molecule is COc1ccc(Cl)cc1CN1CCC(CC(N)=O)CC1. The van der Waals surface area contributed by atoms with E-state index in [1.165, 1.54) is 0 Å². The molecule has 110 valence electrons. The van der Waals surface area contributed by atoms with Gasteiger partial charge in [0.15, 0.2) is 0 Å². The van der Waals surface area contributed by atoms with Gasteiger partial charge in [0.25, 0.3) is 0 Å². The number of likely N-dealkylation sites (tertiary alicyclic amines) is 1. The summed E-state index contributed by atoms with van der Waals surface area (Å²) in [6, 6.07) is 5.69. The number of hydrogen-bond donors (Lipinski definition) is 1. The van der Waals surface area contributed by atoms with Crippen molar-refractivity contribution in [2.24, 2.45) is 11.7 Å². The van der Waals surface area contributed by atoms with E-state index in [4.69, 9.17) is 22.1 Å². The van der Waals surface area contributed by atoms with Gasteiger partial charge in [-0.2, -0.15) is 0 Å². The van der Waals surface area contributed by atoms with Crippen molar-refractivity contribution in [3.63, 3.8) is 0 Å². The largest absolute Gasteiger partial charge is 0.496 e. The Bertz CT molecular complexity index is 471. The molecule has 0 saturated carbocycles. The van der Waals surface area contributed by atoms with E-state index >= 15 is 0 Å². The molecule has 2 N–H and O–H groups in total. The van der Waals surface area contributed by atoms with Crippen LogP contribution < -0.4 is 10.5 Å². The predicted octanol–water partition coefficient (Wildman–Crippen LogP) is 2.44. The van der Waals surface area contributed by atoms with Gasteiger partial charge in [0.1, 0.15) is 5.75 Å². The summed E-state index contributed by atoms with van der Waals surface area (Å²) in [5, 5.41) is 0.726. The molecule has 0 bridgehead atoms. The number of amides is 1. The highest BCUT2D eigenvalue weighted by molar-refractivity contribution is 6.30. The number of methoxy groups -OCH3 is 1. The number of nitrogens with two attached hydrogens (primary N) is 1. The molecule has 1 aliphatic heterocycles. The van der Waals surface area contributed by atoms with Gasteiger partial charge in [0.2, 0.25) is 5.91 Å². The minimum absolute atomic E-state index is 0.194. The van der Waals surface area contributed by atoms with Crippen molar-refractivity contribution in [2.75, 3.05) is 20.2 Å². The summed E-state index contributed by atoms with van der Waals surface area (Å²) in [5.74, 6) is 1.11. The molecule has 2 rings (SSSR count). The average molecular weight is 297 g/mol. The summed E-state index contributed by atoms with van der Waals surface area (Å²) < 4.78 is 5.37. The number of carbonyl (C=O) groups is 1. The van der Waals surface area contributed by atoms with Crippen molar-refractivity contribution < 1.29 is 9.53 Å². The molecule has 0 atom stereocenters. The van der Waals surface area contributed by atoms with Crippen LogP contribution >= 0.6 is 11.6 Å². The molecule has 1 heterocycles. The minimum Gasteiger partial charge on any atom is -0.496 e. The van der Waals surface area contributed by atoms with Gasteiger partial charge in [-0.3, -0.25) is 9.69 Å². The second kappa shape index (κ2) is 6.95. The first-order valence-electron chi connectivity index (χ1n) is 6.91. The topological polar surface area (TPSA) is 55.6 Å². The number of primary amides is 1. The van der Waals surface area contributed by atoms with Crippen molar-refractivity contribution in [1.82, 2.24) is 4.90 Å². The lowest BCUT2D eigenvalue weighted by molar-refractivity contribution is -0.119. The van der Waals surface area contributed by atoms with Crippen molar-refractivity contribution in [3.8, 4) is 5.75 Å². The Morgan fingerprint density at radius 1 is 1.45 bits per heavy atom. The fraction of sp³-hybridized carbons (Fsp3) is 0.533. The summed E-state index contributed by atoms with van der Waals surface area (Å²) in [4.78, 5) is 13.3. The van der Waals surface area contributed by atoms with E-state index in [9.17, 15) is 4.79 Å². The molecule has 0 unspecified atom stereocenters.